The first kappa shape index (κ1) is 25.0. The number of hydrogen-bond acceptors (Lipinski definition) is 6. The molecule has 9 nitrogen and oxygen atoms in total. The number of nitrogens with zero attached hydrogens (tertiary/aromatic N) is 1. The number of aliphatic carboxylic acids is 1. The number of carboxylic acids is 1. The molecule has 0 saturated carbocycles. The fourth-order valence-electron chi connectivity index (χ4n) is 4.28. The summed E-state index contributed by atoms with van der Waals surface area (Å²) in [7, 11) is 6.25. The topological polar surface area (TPSA) is 107 Å². The van der Waals surface area contributed by atoms with Crippen LogP contribution in [-0.2, 0) is 11.2 Å². The average molecular weight is 473 g/mol. The Hall–Kier alpha value is -3.62. The van der Waals surface area contributed by atoms with Gasteiger partial charge in [0, 0.05) is 6.54 Å². The van der Waals surface area contributed by atoms with E-state index in [9.17, 15) is 14.7 Å². The van der Waals surface area contributed by atoms with Crippen LogP contribution >= 0.6 is 0 Å². The highest BCUT2D eigenvalue weighted by Crippen LogP contribution is 2.42. The molecular weight excluding hydrogens is 440 g/mol. The fraction of sp³-hybridized carbons (Fsp3) is 0.440. The third-order valence-electron chi connectivity index (χ3n) is 6.07. The molecule has 184 valence electrons. The van der Waals surface area contributed by atoms with E-state index in [1.165, 1.54) is 0 Å². The summed E-state index contributed by atoms with van der Waals surface area (Å²) < 4.78 is 21.9. The Balaban J connectivity index is 2.13. The molecule has 34 heavy (non-hydrogen) atoms. The summed E-state index contributed by atoms with van der Waals surface area (Å²) in [5.74, 6) is 0.891. The number of hydrogen-bond donors (Lipinski definition) is 2. The van der Waals surface area contributed by atoms with E-state index in [2.05, 4.69) is 5.32 Å². The fourth-order valence-corrected chi connectivity index (χ4v) is 4.28. The molecule has 2 aromatic carbocycles. The largest absolute Gasteiger partial charge is 0.493 e. The van der Waals surface area contributed by atoms with Gasteiger partial charge in [0.15, 0.2) is 23.0 Å². The molecule has 0 aromatic heterocycles. The van der Waals surface area contributed by atoms with E-state index in [4.69, 9.17) is 18.9 Å². The maximum atomic E-state index is 13.4. The Morgan fingerprint density at radius 1 is 0.941 bits per heavy atom. The standard InChI is InChI=1S/C25H32N2O7/c1-14(2)22(24(28)29)26-25(30)27-10-9-15-11-20(33-5)21(34-6)13-17(15)23(27)16-7-8-18(31-3)19(12-16)32-4/h7-8,11-14,22-23H,9-10H2,1-6H3,(H,26,30)(H,28,29). The molecule has 0 radical (unpaired) electrons. The van der Waals surface area contributed by atoms with Crippen LogP contribution in [0.1, 0.15) is 36.6 Å². The molecule has 2 unspecified atom stereocenters. The summed E-state index contributed by atoms with van der Waals surface area (Å²) in [4.78, 5) is 26.8. The molecule has 2 aromatic rings. The predicted molar refractivity (Wildman–Crippen MR) is 126 cm³/mol. The van der Waals surface area contributed by atoms with Gasteiger partial charge in [-0.3, -0.25) is 0 Å². The second-order valence-electron chi connectivity index (χ2n) is 8.38. The van der Waals surface area contributed by atoms with Gasteiger partial charge >= 0.3 is 12.0 Å². The maximum absolute atomic E-state index is 13.4. The molecular formula is C25H32N2O7. The van der Waals surface area contributed by atoms with E-state index in [0.717, 1.165) is 16.7 Å². The van der Waals surface area contributed by atoms with Gasteiger partial charge in [-0.25, -0.2) is 9.59 Å². The lowest BCUT2D eigenvalue weighted by molar-refractivity contribution is -0.140. The Morgan fingerprint density at radius 3 is 2.09 bits per heavy atom. The second-order valence-corrected chi connectivity index (χ2v) is 8.38. The zero-order valence-corrected chi connectivity index (χ0v) is 20.4. The summed E-state index contributed by atoms with van der Waals surface area (Å²) in [6.45, 7) is 3.90. The molecule has 3 rings (SSSR count). The van der Waals surface area contributed by atoms with Gasteiger partial charge in [0.1, 0.15) is 6.04 Å². The first-order valence-corrected chi connectivity index (χ1v) is 11.0. The summed E-state index contributed by atoms with van der Waals surface area (Å²) in [5, 5.41) is 12.3. The first-order valence-electron chi connectivity index (χ1n) is 11.0. The number of methoxy groups -OCH3 is 4. The van der Waals surface area contributed by atoms with E-state index in [0.29, 0.717) is 36.0 Å². The van der Waals surface area contributed by atoms with Gasteiger partial charge < -0.3 is 34.3 Å². The van der Waals surface area contributed by atoms with Crippen LogP contribution < -0.4 is 24.3 Å². The number of rotatable bonds is 8. The Bertz CT molecular complexity index is 1050. The SMILES string of the molecule is COc1ccc(C2c3cc(OC)c(OC)cc3CCN2C(=O)NC(C(=O)O)C(C)C)cc1OC. The Kier molecular flexibility index (Phi) is 7.75. The monoisotopic (exact) mass is 472 g/mol. The van der Waals surface area contributed by atoms with Crippen molar-refractivity contribution in [2.75, 3.05) is 35.0 Å². The van der Waals surface area contributed by atoms with Crippen LogP contribution in [0.4, 0.5) is 4.79 Å². The summed E-state index contributed by atoms with van der Waals surface area (Å²) >= 11 is 0. The van der Waals surface area contributed by atoms with Crippen molar-refractivity contribution in [3.05, 3.63) is 47.0 Å². The van der Waals surface area contributed by atoms with Crippen LogP contribution in [0.2, 0.25) is 0 Å². The minimum atomic E-state index is -1.07. The number of urea groups is 1. The van der Waals surface area contributed by atoms with Gasteiger partial charge in [-0.15, -0.1) is 0 Å². The van der Waals surface area contributed by atoms with Crippen LogP contribution in [0.5, 0.6) is 23.0 Å². The third-order valence-corrected chi connectivity index (χ3v) is 6.07. The number of fused-ring (bicyclic) bond motifs is 1. The van der Waals surface area contributed by atoms with Crippen molar-refractivity contribution >= 4 is 12.0 Å². The van der Waals surface area contributed by atoms with Crippen molar-refractivity contribution in [3.63, 3.8) is 0 Å². The van der Waals surface area contributed by atoms with Crippen LogP contribution in [0.15, 0.2) is 30.3 Å². The molecule has 0 saturated heterocycles. The molecule has 2 amide bonds. The number of nitrogens with one attached hydrogen (secondary N) is 1. The number of carbonyl (C=O) groups is 2. The van der Waals surface area contributed by atoms with E-state index in [-0.39, 0.29) is 5.92 Å². The van der Waals surface area contributed by atoms with Gasteiger partial charge in [-0.05, 0) is 53.3 Å². The van der Waals surface area contributed by atoms with Gasteiger partial charge in [-0.1, -0.05) is 19.9 Å². The number of carboxylic acid groups (broad SMARTS) is 1. The molecule has 1 aliphatic heterocycles. The highest BCUT2D eigenvalue weighted by atomic mass is 16.5. The highest BCUT2D eigenvalue weighted by Gasteiger charge is 2.36. The molecule has 0 spiro atoms. The number of carbonyl (C=O) groups excluding carboxylic acids is 1. The van der Waals surface area contributed by atoms with Crippen molar-refractivity contribution in [2.45, 2.75) is 32.4 Å². The van der Waals surface area contributed by atoms with Gasteiger partial charge in [-0.2, -0.15) is 0 Å². The van der Waals surface area contributed by atoms with Gasteiger partial charge in [0.2, 0.25) is 0 Å². The average Bonchev–Trinajstić information content (AvgIpc) is 2.84. The lowest BCUT2D eigenvalue weighted by atomic mass is 9.87. The van der Waals surface area contributed by atoms with Crippen molar-refractivity contribution < 1.29 is 33.6 Å². The Labute approximate surface area is 199 Å². The number of amides is 2. The molecule has 2 atom stereocenters. The van der Waals surface area contributed by atoms with E-state index < -0.39 is 24.1 Å². The van der Waals surface area contributed by atoms with Gasteiger partial charge in [0.05, 0.1) is 34.5 Å². The number of ether oxygens (including phenoxy) is 4. The smallest absolute Gasteiger partial charge is 0.326 e. The summed E-state index contributed by atoms with van der Waals surface area (Å²) in [6.07, 6.45) is 0.576. The van der Waals surface area contributed by atoms with Crippen molar-refractivity contribution in [1.29, 1.82) is 0 Å². The molecule has 2 N–H and O–H groups in total. The number of benzene rings is 2. The highest BCUT2D eigenvalue weighted by molar-refractivity contribution is 5.83. The lowest BCUT2D eigenvalue weighted by Crippen LogP contribution is -2.52. The molecule has 1 heterocycles. The van der Waals surface area contributed by atoms with E-state index >= 15 is 0 Å². The van der Waals surface area contributed by atoms with Crippen molar-refractivity contribution in [1.82, 2.24) is 10.2 Å². The molecule has 0 bridgehead atoms. The van der Waals surface area contributed by atoms with Crippen molar-refractivity contribution in [2.24, 2.45) is 5.92 Å². The second kappa shape index (κ2) is 10.5. The summed E-state index contributed by atoms with van der Waals surface area (Å²) in [6, 6.07) is 7.30. The Morgan fingerprint density at radius 2 is 1.53 bits per heavy atom. The lowest BCUT2D eigenvalue weighted by Gasteiger charge is -2.39. The predicted octanol–water partition coefficient (Wildman–Crippen LogP) is 3.49. The van der Waals surface area contributed by atoms with Crippen LogP contribution in [0, 0.1) is 5.92 Å². The molecule has 0 aliphatic carbocycles. The van der Waals surface area contributed by atoms with Crippen LogP contribution in [0.25, 0.3) is 0 Å². The minimum absolute atomic E-state index is 0.276. The zero-order valence-electron chi connectivity index (χ0n) is 20.4. The first-order chi connectivity index (χ1) is 16.2. The molecule has 0 fully saturated rings. The van der Waals surface area contributed by atoms with Crippen molar-refractivity contribution in [3.8, 4) is 23.0 Å². The zero-order chi connectivity index (χ0) is 25.0. The van der Waals surface area contributed by atoms with E-state index in [1.807, 2.05) is 24.3 Å². The summed E-state index contributed by atoms with van der Waals surface area (Å²) in [5.41, 5.74) is 2.67. The normalized spacial score (nSPS) is 15.9. The van der Waals surface area contributed by atoms with Crippen LogP contribution in [-0.4, -0.2) is 63.0 Å². The van der Waals surface area contributed by atoms with E-state index in [1.54, 1.807) is 53.3 Å². The molecule has 1 aliphatic rings. The third kappa shape index (κ3) is 4.83. The van der Waals surface area contributed by atoms with Crippen LogP contribution in [0.3, 0.4) is 0 Å². The maximum Gasteiger partial charge on any atom is 0.326 e. The van der Waals surface area contributed by atoms with Gasteiger partial charge in [0.25, 0.3) is 0 Å². The quantitative estimate of drug-likeness (QED) is 0.606. The molecule has 9 heteroatoms. The minimum Gasteiger partial charge on any atom is -0.493 e.